The number of nitrogens with zero attached hydrogens (tertiary/aromatic N) is 2. The van der Waals surface area contributed by atoms with E-state index in [4.69, 9.17) is 0 Å². The van der Waals surface area contributed by atoms with Crippen LogP contribution in [0.1, 0.15) is 11.1 Å². The van der Waals surface area contributed by atoms with Crippen molar-refractivity contribution in [3.05, 3.63) is 109 Å². The lowest BCUT2D eigenvalue weighted by Crippen LogP contribution is -2.31. The van der Waals surface area contributed by atoms with Gasteiger partial charge in [-0.2, -0.15) is 0 Å². The van der Waals surface area contributed by atoms with Gasteiger partial charge >= 0.3 is 5.69 Å². The van der Waals surface area contributed by atoms with Gasteiger partial charge in [-0.05, 0) is 67.1 Å². The van der Waals surface area contributed by atoms with E-state index in [1.165, 1.54) is 24.3 Å². The third-order valence-electron chi connectivity index (χ3n) is 5.04. The lowest BCUT2D eigenvalue weighted by molar-refractivity contribution is 0.430. The molecule has 35 heavy (non-hydrogen) atoms. The number of aromatic amines is 1. The molecule has 0 amide bonds. The van der Waals surface area contributed by atoms with E-state index in [0.29, 0.717) is 17.1 Å². The zero-order chi connectivity index (χ0) is 25.2. The van der Waals surface area contributed by atoms with Crippen molar-refractivity contribution in [3.8, 4) is 11.6 Å². The molecule has 0 unspecified atom stereocenters. The average molecular weight is 555 g/mol. The molecular weight excluding hydrogens is 536 g/mol. The highest BCUT2D eigenvalue weighted by atomic mass is 79.9. The van der Waals surface area contributed by atoms with Crippen LogP contribution in [0, 0.1) is 6.92 Å². The first-order valence-electron chi connectivity index (χ1n) is 10.2. The van der Waals surface area contributed by atoms with Crippen LogP contribution in [0.15, 0.2) is 96.7 Å². The number of aryl methyl sites for hydroxylation is 1. The highest BCUT2D eigenvalue weighted by molar-refractivity contribution is 9.10. The molecule has 4 aromatic rings. The zero-order valence-corrected chi connectivity index (χ0v) is 20.7. The normalized spacial score (nSPS) is 11.6. The predicted molar refractivity (Wildman–Crippen MR) is 138 cm³/mol. The predicted octanol–water partition coefficient (Wildman–Crippen LogP) is 3.85. The van der Waals surface area contributed by atoms with E-state index in [1.54, 1.807) is 48.5 Å². The van der Waals surface area contributed by atoms with Crippen LogP contribution in [0.25, 0.3) is 5.69 Å². The standard InChI is InChI=1S/C24H19BrN4O5S/c1-15-13-18(9-12-21(15)25)29-23(31)20(22(30)27-24(29)32)14-26-16-7-10-19(11-8-16)35(33,34)28-17-5-3-2-4-6-17/h2-14,28,31H,1H3,(H,27,30,32). The SMILES string of the molecule is Cc1cc(-n2c(O)c(C=Nc3ccc(S(=O)(=O)Nc4ccccc4)cc3)c(=O)[nH]c2=O)ccc1Br. The van der Waals surface area contributed by atoms with Crippen molar-refractivity contribution in [2.45, 2.75) is 11.8 Å². The summed E-state index contributed by atoms with van der Waals surface area (Å²) >= 11 is 3.38. The van der Waals surface area contributed by atoms with Crippen molar-refractivity contribution in [2.75, 3.05) is 4.72 Å². The van der Waals surface area contributed by atoms with Crippen LogP contribution < -0.4 is 16.0 Å². The summed E-state index contributed by atoms with van der Waals surface area (Å²) in [5.74, 6) is -0.574. The molecule has 4 rings (SSSR count). The number of rotatable bonds is 6. The molecule has 1 heterocycles. The van der Waals surface area contributed by atoms with Crippen molar-refractivity contribution in [2.24, 2.45) is 4.99 Å². The molecule has 0 saturated carbocycles. The topological polar surface area (TPSA) is 134 Å². The van der Waals surface area contributed by atoms with E-state index in [9.17, 15) is 23.1 Å². The van der Waals surface area contributed by atoms with Crippen LogP contribution in [0.5, 0.6) is 5.88 Å². The molecule has 11 heteroatoms. The summed E-state index contributed by atoms with van der Waals surface area (Å²) in [7, 11) is -3.80. The fourth-order valence-corrected chi connectivity index (χ4v) is 4.54. The van der Waals surface area contributed by atoms with Gasteiger partial charge in [0.1, 0.15) is 5.56 Å². The second kappa shape index (κ2) is 9.72. The van der Waals surface area contributed by atoms with E-state index in [2.05, 4.69) is 30.6 Å². The summed E-state index contributed by atoms with van der Waals surface area (Å²) in [6, 6.07) is 19.1. The van der Waals surface area contributed by atoms with Gasteiger partial charge in [-0.3, -0.25) is 19.5 Å². The number of halogens is 1. The summed E-state index contributed by atoms with van der Waals surface area (Å²) in [4.78, 5) is 31.1. The zero-order valence-electron chi connectivity index (χ0n) is 18.3. The average Bonchev–Trinajstić information content (AvgIpc) is 2.81. The number of hydrogen-bond donors (Lipinski definition) is 3. The van der Waals surface area contributed by atoms with Crippen LogP contribution in [0.4, 0.5) is 11.4 Å². The first-order valence-corrected chi connectivity index (χ1v) is 12.5. The molecule has 3 aromatic carbocycles. The molecule has 0 atom stereocenters. The number of para-hydroxylation sites is 1. The molecular formula is C24H19BrN4O5S. The number of benzene rings is 3. The second-order valence-electron chi connectivity index (χ2n) is 7.49. The Hall–Kier alpha value is -3.96. The van der Waals surface area contributed by atoms with Crippen LogP contribution in [0.2, 0.25) is 0 Å². The van der Waals surface area contributed by atoms with E-state index >= 15 is 0 Å². The maximum Gasteiger partial charge on any atom is 0.335 e. The Bertz CT molecular complexity index is 1640. The van der Waals surface area contributed by atoms with Crippen molar-refractivity contribution in [1.29, 1.82) is 0 Å². The van der Waals surface area contributed by atoms with Gasteiger partial charge in [0.05, 0.1) is 16.3 Å². The summed E-state index contributed by atoms with van der Waals surface area (Å²) in [6.45, 7) is 1.82. The maximum atomic E-state index is 12.6. The monoisotopic (exact) mass is 554 g/mol. The van der Waals surface area contributed by atoms with Gasteiger partial charge in [0.25, 0.3) is 15.6 Å². The Morgan fingerprint density at radius 2 is 1.71 bits per heavy atom. The molecule has 0 saturated heterocycles. The Morgan fingerprint density at radius 1 is 1.03 bits per heavy atom. The minimum atomic E-state index is -3.80. The Morgan fingerprint density at radius 3 is 2.37 bits per heavy atom. The fourth-order valence-electron chi connectivity index (χ4n) is 3.23. The number of aromatic nitrogens is 2. The van der Waals surface area contributed by atoms with Crippen LogP contribution >= 0.6 is 15.9 Å². The highest BCUT2D eigenvalue weighted by Gasteiger charge is 2.16. The minimum Gasteiger partial charge on any atom is -0.493 e. The number of sulfonamides is 1. The van der Waals surface area contributed by atoms with Crippen LogP contribution in [-0.4, -0.2) is 29.3 Å². The first-order chi connectivity index (χ1) is 16.7. The molecule has 0 spiro atoms. The Balaban J connectivity index is 1.63. The molecule has 0 aliphatic carbocycles. The van der Waals surface area contributed by atoms with Crippen molar-refractivity contribution < 1.29 is 13.5 Å². The van der Waals surface area contributed by atoms with E-state index in [-0.39, 0.29) is 10.5 Å². The van der Waals surface area contributed by atoms with Crippen molar-refractivity contribution in [3.63, 3.8) is 0 Å². The van der Waals surface area contributed by atoms with Crippen LogP contribution in [-0.2, 0) is 10.0 Å². The lowest BCUT2D eigenvalue weighted by atomic mass is 10.2. The first kappa shape index (κ1) is 24.2. The number of aromatic hydroxyl groups is 1. The maximum absolute atomic E-state index is 12.6. The fraction of sp³-hybridized carbons (Fsp3) is 0.0417. The van der Waals surface area contributed by atoms with E-state index in [0.717, 1.165) is 20.8 Å². The lowest BCUT2D eigenvalue weighted by Gasteiger charge is -2.11. The van der Waals surface area contributed by atoms with Gasteiger partial charge in [-0.1, -0.05) is 34.1 Å². The van der Waals surface area contributed by atoms with Gasteiger partial charge in [0.15, 0.2) is 0 Å². The van der Waals surface area contributed by atoms with Gasteiger partial charge in [-0.25, -0.2) is 17.8 Å². The van der Waals surface area contributed by atoms with Crippen molar-refractivity contribution >= 4 is 43.5 Å². The van der Waals surface area contributed by atoms with E-state index in [1.807, 2.05) is 6.92 Å². The molecule has 1 aromatic heterocycles. The third-order valence-corrected chi connectivity index (χ3v) is 7.32. The Kier molecular flexibility index (Phi) is 6.72. The molecule has 0 aliphatic rings. The number of nitrogens with one attached hydrogen (secondary N) is 2. The highest BCUT2D eigenvalue weighted by Crippen LogP contribution is 2.23. The molecule has 3 N–H and O–H groups in total. The molecule has 0 fully saturated rings. The summed E-state index contributed by atoms with van der Waals surface area (Å²) in [5.41, 5.74) is 0.110. The summed E-state index contributed by atoms with van der Waals surface area (Å²) in [5, 5.41) is 10.7. The summed E-state index contributed by atoms with van der Waals surface area (Å²) in [6.07, 6.45) is 1.11. The largest absolute Gasteiger partial charge is 0.493 e. The molecule has 9 nitrogen and oxygen atoms in total. The molecule has 0 radical (unpaired) electrons. The minimum absolute atomic E-state index is 0.0279. The van der Waals surface area contributed by atoms with Gasteiger partial charge in [0.2, 0.25) is 5.88 Å². The quantitative estimate of drug-likeness (QED) is 0.311. The number of H-pyrrole nitrogens is 1. The van der Waals surface area contributed by atoms with Crippen molar-refractivity contribution in [1.82, 2.24) is 9.55 Å². The van der Waals surface area contributed by atoms with Gasteiger partial charge in [0, 0.05) is 16.4 Å². The second-order valence-corrected chi connectivity index (χ2v) is 10.0. The van der Waals surface area contributed by atoms with E-state index < -0.39 is 27.2 Å². The summed E-state index contributed by atoms with van der Waals surface area (Å²) < 4.78 is 29.4. The molecule has 178 valence electrons. The van der Waals surface area contributed by atoms with Gasteiger partial charge < -0.3 is 5.11 Å². The number of anilines is 1. The third kappa shape index (κ3) is 5.26. The molecule has 0 bridgehead atoms. The number of hydrogen-bond acceptors (Lipinski definition) is 6. The van der Waals surface area contributed by atoms with Crippen LogP contribution in [0.3, 0.4) is 0 Å². The Labute approximate surface area is 208 Å². The number of aliphatic imine (C=N–C) groups is 1. The smallest absolute Gasteiger partial charge is 0.335 e. The molecule has 0 aliphatic heterocycles. The van der Waals surface area contributed by atoms with Gasteiger partial charge in [-0.15, -0.1) is 0 Å².